The van der Waals surface area contributed by atoms with E-state index in [4.69, 9.17) is 16.6 Å². The Kier molecular flexibility index (Phi) is 5.51. The number of fused-ring (bicyclic) bond motifs is 2. The highest BCUT2D eigenvalue weighted by atomic mass is 35.5. The summed E-state index contributed by atoms with van der Waals surface area (Å²) in [6.45, 7) is 1.94. The van der Waals surface area contributed by atoms with Gasteiger partial charge in [-0.2, -0.15) is 5.10 Å². The van der Waals surface area contributed by atoms with Crippen LogP contribution in [0.25, 0.3) is 54.1 Å². The van der Waals surface area contributed by atoms with E-state index >= 15 is 0 Å². The van der Waals surface area contributed by atoms with Gasteiger partial charge in [0.05, 0.1) is 34.0 Å². The summed E-state index contributed by atoms with van der Waals surface area (Å²) in [7, 11) is 0. The molecule has 8 heteroatoms. The van der Waals surface area contributed by atoms with E-state index in [2.05, 4.69) is 21.2 Å². The number of nitrogens with one attached hydrogen (secondary N) is 1. The first-order valence-corrected chi connectivity index (χ1v) is 12.5. The highest BCUT2D eigenvalue weighted by Gasteiger charge is 2.20. The first-order valence-electron chi connectivity index (χ1n) is 11.3. The summed E-state index contributed by atoms with van der Waals surface area (Å²) in [6.07, 6.45) is 3.52. The number of nitrogens with zero attached hydrogens (tertiary/aromatic N) is 3. The van der Waals surface area contributed by atoms with Crippen molar-refractivity contribution < 1.29 is 9.90 Å². The number of rotatable bonds is 5. The number of carboxylic acids is 1. The Bertz CT molecular complexity index is 1770. The summed E-state index contributed by atoms with van der Waals surface area (Å²) in [5.74, 6) is -0.870. The van der Waals surface area contributed by atoms with E-state index in [1.54, 1.807) is 23.7 Å². The molecule has 3 heterocycles. The van der Waals surface area contributed by atoms with Crippen molar-refractivity contribution in [2.24, 2.45) is 0 Å². The second-order valence-electron chi connectivity index (χ2n) is 8.59. The molecule has 3 aromatic carbocycles. The molecular formula is C28H19ClN4O2S. The third-order valence-corrected chi connectivity index (χ3v) is 7.60. The third-order valence-electron chi connectivity index (χ3n) is 6.22. The van der Waals surface area contributed by atoms with Crippen LogP contribution in [0.5, 0.6) is 0 Å². The van der Waals surface area contributed by atoms with Crippen molar-refractivity contribution in [3.63, 3.8) is 0 Å². The number of aromatic amines is 1. The number of thiazole rings is 1. The van der Waals surface area contributed by atoms with E-state index in [-0.39, 0.29) is 6.42 Å². The standard InChI is InChI=1S/C28H19ClN4O2S/c1-15-10-24-27(26(21(15)13-25(34)35)16-2-5-20(29)6-3-16)36-28(32-24)18-8-9-30-23(12-18)17-4-7-22-19(11-17)14-31-33-22/h2-12,14H,13H2,1H3,(H,31,33)(H,34,35). The fourth-order valence-electron chi connectivity index (χ4n) is 4.48. The number of H-pyrrole nitrogens is 1. The van der Waals surface area contributed by atoms with Gasteiger partial charge >= 0.3 is 5.97 Å². The number of aromatic nitrogens is 4. The molecule has 0 fully saturated rings. The van der Waals surface area contributed by atoms with E-state index in [0.29, 0.717) is 5.02 Å². The number of carboxylic acid groups (broad SMARTS) is 1. The molecule has 0 radical (unpaired) electrons. The molecule has 0 amide bonds. The van der Waals surface area contributed by atoms with Gasteiger partial charge in [0, 0.05) is 33.3 Å². The number of aryl methyl sites for hydroxylation is 1. The van der Waals surface area contributed by atoms with Crippen molar-refractivity contribution in [2.75, 3.05) is 0 Å². The van der Waals surface area contributed by atoms with Gasteiger partial charge in [0.2, 0.25) is 0 Å². The second-order valence-corrected chi connectivity index (χ2v) is 10.0. The van der Waals surface area contributed by atoms with E-state index in [9.17, 15) is 9.90 Å². The summed E-state index contributed by atoms with van der Waals surface area (Å²) in [5, 5.41) is 19.2. The lowest BCUT2D eigenvalue weighted by atomic mass is 9.93. The zero-order chi connectivity index (χ0) is 24.8. The maximum Gasteiger partial charge on any atom is 0.307 e. The molecule has 0 saturated heterocycles. The Morgan fingerprint density at radius 3 is 2.64 bits per heavy atom. The molecule has 6 nitrogen and oxygen atoms in total. The second kappa shape index (κ2) is 8.86. The van der Waals surface area contributed by atoms with Crippen LogP contribution in [0.3, 0.4) is 0 Å². The fraction of sp³-hybridized carbons (Fsp3) is 0.0714. The molecule has 0 aliphatic rings. The SMILES string of the molecule is Cc1cc2nc(-c3ccnc(-c4ccc5[nH]ncc5c4)c3)sc2c(-c2ccc(Cl)cc2)c1CC(=O)O. The van der Waals surface area contributed by atoms with Crippen molar-refractivity contribution in [1.82, 2.24) is 20.2 Å². The smallest absolute Gasteiger partial charge is 0.307 e. The molecule has 176 valence electrons. The molecule has 0 spiro atoms. The zero-order valence-corrected chi connectivity index (χ0v) is 20.7. The molecule has 6 rings (SSSR count). The molecule has 6 aromatic rings. The summed E-state index contributed by atoms with van der Waals surface area (Å²) >= 11 is 7.69. The minimum atomic E-state index is -0.870. The molecule has 0 saturated carbocycles. The molecule has 36 heavy (non-hydrogen) atoms. The lowest BCUT2D eigenvalue weighted by Crippen LogP contribution is -2.04. The van der Waals surface area contributed by atoms with E-state index in [1.165, 1.54) is 0 Å². The zero-order valence-electron chi connectivity index (χ0n) is 19.1. The van der Waals surface area contributed by atoms with Crippen LogP contribution in [0.4, 0.5) is 0 Å². The Labute approximate surface area is 215 Å². The van der Waals surface area contributed by atoms with Gasteiger partial charge in [-0.15, -0.1) is 11.3 Å². The molecule has 0 unspecified atom stereocenters. The van der Waals surface area contributed by atoms with Crippen LogP contribution in [0, 0.1) is 6.92 Å². The third kappa shape index (κ3) is 4.02. The Morgan fingerprint density at radius 2 is 1.83 bits per heavy atom. The first kappa shape index (κ1) is 22.4. The van der Waals surface area contributed by atoms with E-state index in [1.807, 2.05) is 61.5 Å². The van der Waals surface area contributed by atoms with Crippen molar-refractivity contribution in [3.8, 4) is 33.0 Å². The van der Waals surface area contributed by atoms with Gasteiger partial charge in [-0.25, -0.2) is 4.98 Å². The first-order chi connectivity index (χ1) is 17.5. The van der Waals surface area contributed by atoms with Gasteiger partial charge in [0.25, 0.3) is 0 Å². The van der Waals surface area contributed by atoms with Gasteiger partial charge in [0.1, 0.15) is 5.01 Å². The fourth-order valence-corrected chi connectivity index (χ4v) is 5.74. The minimum absolute atomic E-state index is 0.0666. The van der Waals surface area contributed by atoms with Crippen LogP contribution in [-0.4, -0.2) is 31.2 Å². The van der Waals surface area contributed by atoms with Crippen LogP contribution in [0.1, 0.15) is 11.1 Å². The molecule has 0 atom stereocenters. The van der Waals surface area contributed by atoms with Crippen LogP contribution in [0.2, 0.25) is 5.02 Å². The van der Waals surface area contributed by atoms with Gasteiger partial charge < -0.3 is 5.11 Å². The molecule has 0 bridgehead atoms. The largest absolute Gasteiger partial charge is 0.481 e. The van der Waals surface area contributed by atoms with Crippen LogP contribution in [-0.2, 0) is 11.2 Å². The molecule has 3 aromatic heterocycles. The highest BCUT2D eigenvalue weighted by molar-refractivity contribution is 7.22. The maximum atomic E-state index is 11.7. The minimum Gasteiger partial charge on any atom is -0.481 e. The van der Waals surface area contributed by atoms with Gasteiger partial charge in [-0.3, -0.25) is 14.9 Å². The van der Waals surface area contributed by atoms with Crippen molar-refractivity contribution in [3.05, 3.63) is 89.2 Å². The quantitative estimate of drug-likeness (QED) is 0.257. The topological polar surface area (TPSA) is 91.8 Å². The molecule has 0 aliphatic heterocycles. The normalized spacial score (nSPS) is 11.4. The Balaban J connectivity index is 1.51. The summed E-state index contributed by atoms with van der Waals surface area (Å²) < 4.78 is 0.951. The average Bonchev–Trinajstić information content (AvgIpc) is 3.51. The van der Waals surface area contributed by atoms with Crippen LogP contribution < -0.4 is 0 Å². The molecular weight excluding hydrogens is 492 g/mol. The van der Waals surface area contributed by atoms with Crippen molar-refractivity contribution in [2.45, 2.75) is 13.3 Å². The molecule has 0 aliphatic carbocycles. The number of benzene rings is 3. The predicted molar refractivity (Wildman–Crippen MR) is 144 cm³/mol. The van der Waals surface area contributed by atoms with Gasteiger partial charge in [0.15, 0.2) is 0 Å². The Hall–Kier alpha value is -4.07. The summed E-state index contributed by atoms with van der Waals surface area (Å²) in [4.78, 5) is 21.2. The predicted octanol–water partition coefficient (Wildman–Crippen LogP) is 7.16. The summed E-state index contributed by atoms with van der Waals surface area (Å²) in [6, 6.07) is 19.5. The highest BCUT2D eigenvalue weighted by Crippen LogP contribution is 2.41. The number of pyridine rings is 1. The number of hydrogen-bond donors (Lipinski definition) is 2. The average molecular weight is 511 g/mol. The maximum absolute atomic E-state index is 11.7. The number of carbonyl (C=O) groups is 1. The van der Waals surface area contributed by atoms with Crippen LogP contribution >= 0.6 is 22.9 Å². The van der Waals surface area contributed by atoms with E-state index in [0.717, 1.165) is 65.2 Å². The summed E-state index contributed by atoms with van der Waals surface area (Å²) in [5.41, 5.74) is 8.10. The van der Waals surface area contributed by atoms with Crippen LogP contribution in [0.15, 0.2) is 73.1 Å². The lowest BCUT2D eigenvalue weighted by molar-refractivity contribution is -0.136. The lowest BCUT2D eigenvalue weighted by Gasteiger charge is -2.13. The van der Waals surface area contributed by atoms with E-state index < -0.39 is 5.97 Å². The monoisotopic (exact) mass is 510 g/mol. The number of hydrogen-bond acceptors (Lipinski definition) is 5. The number of aliphatic carboxylic acids is 1. The number of halogens is 1. The van der Waals surface area contributed by atoms with Crippen molar-refractivity contribution >= 4 is 50.0 Å². The Morgan fingerprint density at radius 1 is 1.03 bits per heavy atom. The van der Waals surface area contributed by atoms with Crippen molar-refractivity contribution in [1.29, 1.82) is 0 Å². The van der Waals surface area contributed by atoms with Gasteiger partial charge in [-0.05, 0) is 66.1 Å². The molecule has 2 N–H and O–H groups in total. The van der Waals surface area contributed by atoms with Gasteiger partial charge in [-0.1, -0.05) is 29.8 Å².